The summed E-state index contributed by atoms with van der Waals surface area (Å²) in [5.41, 5.74) is 1.97. The summed E-state index contributed by atoms with van der Waals surface area (Å²) in [6.07, 6.45) is 3.83. The predicted molar refractivity (Wildman–Crippen MR) is 58.0 cm³/mol. The third-order valence-corrected chi connectivity index (χ3v) is 3.22. The highest BCUT2D eigenvalue weighted by molar-refractivity contribution is 6.03. The van der Waals surface area contributed by atoms with Crippen LogP contribution in [0.4, 0.5) is 11.5 Å². The summed E-state index contributed by atoms with van der Waals surface area (Å²) in [5, 5.41) is 2.96. The molecular formula is C11H13N3O. The van der Waals surface area contributed by atoms with Crippen LogP contribution >= 0.6 is 0 Å². The van der Waals surface area contributed by atoms with Crippen molar-refractivity contribution in [3.63, 3.8) is 0 Å². The first-order valence-corrected chi connectivity index (χ1v) is 5.30. The van der Waals surface area contributed by atoms with Crippen LogP contribution < -0.4 is 10.2 Å². The molecule has 0 saturated carbocycles. The second-order valence-electron chi connectivity index (χ2n) is 4.17. The Morgan fingerprint density at radius 1 is 1.60 bits per heavy atom. The lowest BCUT2D eigenvalue weighted by molar-refractivity contribution is -0.117. The van der Waals surface area contributed by atoms with Gasteiger partial charge in [0.2, 0.25) is 5.91 Å². The highest BCUT2D eigenvalue weighted by Crippen LogP contribution is 2.36. The van der Waals surface area contributed by atoms with Crippen molar-refractivity contribution < 1.29 is 4.79 Å². The average molecular weight is 203 g/mol. The number of rotatable bonds is 0. The maximum absolute atomic E-state index is 11.8. The molecule has 0 radical (unpaired) electrons. The van der Waals surface area contributed by atoms with E-state index >= 15 is 0 Å². The van der Waals surface area contributed by atoms with E-state index in [1.165, 1.54) is 0 Å². The van der Waals surface area contributed by atoms with Crippen molar-refractivity contribution in [2.24, 2.45) is 0 Å². The van der Waals surface area contributed by atoms with Gasteiger partial charge in [-0.2, -0.15) is 0 Å². The van der Waals surface area contributed by atoms with Crippen LogP contribution in [-0.2, 0) is 4.79 Å². The summed E-state index contributed by atoms with van der Waals surface area (Å²) in [4.78, 5) is 18.3. The first kappa shape index (κ1) is 8.71. The van der Waals surface area contributed by atoms with Crippen LogP contribution in [-0.4, -0.2) is 23.5 Å². The molecule has 1 aromatic heterocycles. The number of fused-ring (bicyclic) bond motifs is 3. The summed E-state index contributed by atoms with van der Waals surface area (Å²) in [7, 11) is 0. The standard InChI is InChI=1S/C11H13N3O/c1-7-4-5-12-10-9(7)13-11(15)8-3-2-6-14(8)10/h4-5,8H,2-3,6H2,1H3,(H,13,15). The minimum Gasteiger partial charge on any atom is -0.343 e. The van der Waals surface area contributed by atoms with E-state index in [4.69, 9.17) is 0 Å². The normalized spacial score (nSPS) is 23.4. The van der Waals surface area contributed by atoms with Crippen LogP contribution in [0, 0.1) is 6.92 Å². The maximum atomic E-state index is 11.8. The molecule has 15 heavy (non-hydrogen) atoms. The fourth-order valence-corrected chi connectivity index (χ4v) is 2.42. The lowest BCUT2D eigenvalue weighted by atomic mass is 10.1. The summed E-state index contributed by atoms with van der Waals surface area (Å²) < 4.78 is 0. The van der Waals surface area contributed by atoms with Gasteiger partial charge in [0.25, 0.3) is 0 Å². The van der Waals surface area contributed by atoms with E-state index in [-0.39, 0.29) is 11.9 Å². The molecule has 0 spiro atoms. The van der Waals surface area contributed by atoms with Gasteiger partial charge >= 0.3 is 0 Å². The number of aromatic nitrogens is 1. The predicted octanol–water partition coefficient (Wildman–Crippen LogP) is 1.31. The number of anilines is 2. The van der Waals surface area contributed by atoms with Gasteiger partial charge in [0, 0.05) is 12.7 Å². The third kappa shape index (κ3) is 1.14. The van der Waals surface area contributed by atoms with Gasteiger partial charge in [0.1, 0.15) is 6.04 Å². The molecule has 1 saturated heterocycles. The maximum Gasteiger partial charge on any atom is 0.247 e. The SMILES string of the molecule is Cc1ccnc2c1NC(=O)C1CCCN21. The Morgan fingerprint density at radius 3 is 3.33 bits per heavy atom. The Labute approximate surface area is 88.3 Å². The number of amides is 1. The molecule has 3 heterocycles. The minimum atomic E-state index is 0.00630. The Bertz CT molecular complexity index is 430. The van der Waals surface area contributed by atoms with Gasteiger partial charge in [-0.25, -0.2) is 4.98 Å². The molecule has 78 valence electrons. The van der Waals surface area contributed by atoms with Crippen molar-refractivity contribution in [1.29, 1.82) is 0 Å². The van der Waals surface area contributed by atoms with Crippen molar-refractivity contribution >= 4 is 17.4 Å². The molecule has 0 aromatic carbocycles. The monoisotopic (exact) mass is 203 g/mol. The van der Waals surface area contributed by atoms with Gasteiger partial charge in [-0.05, 0) is 31.4 Å². The van der Waals surface area contributed by atoms with E-state index in [0.717, 1.165) is 36.5 Å². The van der Waals surface area contributed by atoms with E-state index in [1.807, 2.05) is 13.0 Å². The molecule has 4 nitrogen and oxygen atoms in total. The van der Waals surface area contributed by atoms with Crippen LogP contribution in [0.2, 0.25) is 0 Å². The fraction of sp³-hybridized carbons (Fsp3) is 0.455. The van der Waals surface area contributed by atoms with Crippen LogP contribution in [0.15, 0.2) is 12.3 Å². The lowest BCUT2D eigenvalue weighted by Crippen LogP contribution is -2.44. The molecule has 3 rings (SSSR count). The molecule has 1 unspecified atom stereocenters. The van der Waals surface area contributed by atoms with E-state index in [9.17, 15) is 4.79 Å². The summed E-state index contributed by atoms with van der Waals surface area (Å²) in [6.45, 7) is 2.94. The Kier molecular flexibility index (Phi) is 1.71. The van der Waals surface area contributed by atoms with Crippen molar-refractivity contribution in [3.05, 3.63) is 17.8 Å². The van der Waals surface area contributed by atoms with Crippen LogP contribution in [0.5, 0.6) is 0 Å². The molecule has 4 heteroatoms. The Morgan fingerprint density at radius 2 is 2.47 bits per heavy atom. The second-order valence-corrected chi connectivity index (χ2v) is 4.17. The molecule has 2 aliphatic rings. The van der Waals surface area contributed by atoms with Crippen molar-refractivity contribution in [2.45, 2.75) is 25.8 Å². The smallest absolute Gasteiger partial charge is 0.247 e. The van der Waals surface area contributed by atoms with Gasteiger partial charge in [0.05, 0.1) is 5.69 Å². The van der Waals surface area contributed by atoms with E-state index in [1.54, 1.807) is 6.20 Å². The summed E-state index contributed by atoms with van der Waals surface area (Å²) in [6, 6.07) is 1.93. The van der Waals surface area contributed by atoms with Gasteiger partial charge < -0.3 is 10.2 Å². The highest BCUT2D eigenvalue weighted by Gasteiger charge is 2.37. The Balaban J connectivity index is 2.15. The zero-order chi connectivity index (χ0) is 10.4. The number of hydrogen-bond donors (Lipinski definition) is 1. The van der Waals surface area contributed by atoms with E-state index in [0.29, 0.717) is 0 Å². The molecule has 0 aliphatic carbocycles. The number of nitrogens with one attached hydrogen (secondary N) is 1. The number of carbonyl (C=O) groups excluding carboxylic acids is 1. The number of pyridine rings is 1. The Hall–Kier alpha value is -1.58. The lowest BCUT2D eigenvalue weighted by Gasteiger charge is -2.32. The zero-order valence-electron chi connectivity index (χ0n) is 8.66. The first-order chi connectivity index (χ1) is 7.27. The first-order valence-electron chi connectivity index (χ1n) is 5.30. The molecule has 1 fully saturated rings. The van der Waals surface area contributed by atoms with Crippen LogP contribution in [0.3, 0.4) is 0 Å². The van der Waals surface area contributed by atoms with Crippen molar-refractivity contribution in [2.75, 3.05) is 16.8 Å². The topological polar surface area (TPSA) is 45.2 Å². The number of aryl methyl sites for hydroxylation is 1. The molecule has 1 amide bonds. The summed E-state index contributed by atoms with van der Waals surface area (Å²) >= 11 is 0. The van der Waals surface area contributed by atoms with Crippen LogP contribution in [0.25, 0.3) is 0 Å². The van der Waals surface area contributed by atoms with E-state index in [2.05, 4.69) is 15.2 Å². The number of nitrogens with zero attached hydrogens (tertiary/aromatic N) is 2. The van der Waals surface area contributed by atoms with Gasteiger partial charge in [-0.15, -0.1) is 0 Å². The molecule has 1 N–H and O–H groups in total. The fourth-order valence-electron chi connectivity index (χ4n) is 2.42. The van der Waals surface area contributed by atoms with Crippen molar-refractivity contribution in [1.82, 2.24) is 4.98 Å². The van der Waals surface area contributed by atoms with Gasteiger partial charge in [0.15, 0.2) is 5.82 Å². The van der Waals surface area contributed by atoms with E-state index < -0.39 is 0 Å². The number of hydrogen-bond acceptors (Lipinski definition) is 3. The quantitative estimate of drug-likeness (QED) is 0.691. The minimum absolute atomic E-state index is 0.00630. The van der Waals surface area contributed by atoms with Crippen LogP contribution in [0.1, 0.15) is 18.4 Å². The zero-order valence-corrected chi connectivity index (χ0v) is 8.66. The largest absolute Gasteiger partial charge is 0.343 e. The highest BCUT2D eigenvalue weighted by atomic mass is 16.2. The third-order valence-electron chi connectivity index (χ3n) is 3.22. The van der Waals surface area contributed by atoms with Crippen molar-refractivity contribution in [3.8, 4) is 0 Å². The van der Waals surface area contributed by atoms with Gasteiger partial charge in [-0.3, -0.25) is 4.79 Å². The summed E-state index contributed by atoms with van der Waals surface area (Å²) in [5.74, 6) is 1.06. The number of carbonyl (C=O) groups is 1. The molecule has 1 aromatic rings. The average Bonchev–Trinajstić information content (AvgIpc) is 2.69. The molecule has 1 atom stereocenters. The molecular weight excluding hydrogens is 190 g/mol. The van der Waals surface area contributed by atoms with Gasteiger partial charge in [-0.1, -0.05) is 0 Å². The second kappa shape index (κ2) is 2.95. The molecule has 0 bridgehead atoms. The molecule has 2 aliphatic heterocycles.